The number of amides is 1. The first-order chi connectivity index (χ1) is 7.66. The zero-order chi connectivity index (χ0) is 11.5. The Balaban J connectivity index is 0.00000144. The molecule has 2 N–H and O–H groups in total. The molecule has 1 atom stereocenters. The van der Waals surface area contributed by atoms with Crippen LogP contribution in [0, 0.1) is 0 Å². The van der Waals surface area contributed by atoms with Crippen LogP contribution in [-0.4, -0.2) is 23.5 Å². The Labute approximate surface area is 112 Å². The van der Waals surface area contributed by atoms with Crippen molar-refractivity contribution in [3.63, 3.8) is 0 Å². The van der Waals surface area contributed by atoms with E-state index in [1.165, 1.54) is 4.88 Å². The van der Waals surface area contributed by atoms with Crippen LogP contribution in [-0.2, 0) is 4.79 Å². The first-order valence-electron chi connectivity index (χ1n) is 5.67. The van der Waals surface area contributed by atoms with Crippen molar-refractivity contribution in [3.05, 3.63) is 11.1 Å². The lowest BCUT2D eigenvalue weighted by Gasteiger charge is -2.08. The van der Waals surface area contributed by atoms with E-state index < -0.39 is 0 Å². The van der Waals surface area contributed by atoms with Crippen molar-refractivity contribution in [1.82, 2.24) is 10.3 Å². The Morgan fingerprint density at radius 3 is 2.94 bits per heavy atom. The van der Waals surface area contributed by atoms with Crippen LogP contribution in [0.1, 0.15) is 37.5 Å². The number of nitrogens with one attached hydrogen (secondary N) is 2. The number of carbonyl (C=O) groups excluding carboxylic acids is 1. The van der Waals surface area contributed by atoms with Gasteiger partial charge in [-0.15, -0.1) is 23.7 Å². The summed E-state index contributed by atoms with van der Waals surface area (Å²) in [6.45, 7) is 5.18. The van der Waals surface area contributed by atoms with Crippen LogP contribution in [0.2, 0.25) is 0 Å². The normalized spacial score (nSPS) is 19.1. The van der Waals surface area contributed by atoms with Gasteiger partial charge >= 0.3 is 0 Å². The van der Waals surface area contributed by atoms with Crippen molar-refractivity contribution in [2.24, 2.45) is 0 Å². The van der Waals surface area contributed by atoms with E-state index in [0.717, 1.165) is 19.4 Å². The summed E-state index contributed by atoms with van der Waals surface area (Å²) in [6.07, 6.45) is 3.84. The van der Waals surface area contributed by atoms with Gasteiger partial charge in [0.15, 0.2) is 5.13 Å². The van der Waals surface area contributed by atoms with Gasteiger partial charge in [-0.2, -0.15) is 0 Å². The second-order valence-electron chi connectivity index (χ2n) is 4.36. The number of hydrogen-bond donors (Lipinski definition) is 2. The topological polar surface area (TPSA) is 54.0 Å². The number of anilines is 1. The van der Waals surface area contributed by atoms with Crippen LogP contribution in [0.5, 0.6) is 0 Å². The third-order valence-corrected chi connectivity index (χ3v) is 3.91. The molecule has 1 unspecified atom stereocenters. The van der Waals surface area contributed by atoms with E-state index in [9.17, 15) is 4.79 Å². The van der Waals surface area contributed by atoms with Gasteiger partial charge in [0.25, 0.3) is 0 Å². The van der Waals surface area contributed by atoms with Crippen molar-refractivity contribution in [2.45, 2.75) is 38.6 Å². The molecule has 0 saturated carbocycles. The summed E-state index contributed by atoms with van der Waals surface area (Å²) in [7, 11) is 0. The lowest BCUT2D eigenvalue weighted by Crippen LogP contribution is -2.35. The maximum absolute atomic E-state index is 11.8. The number of halogens is 1. The molecule has 1 aromatic rings. The molecule has 0 aliphatic carbocycles. The molecule has 6 heteroatoms. The van der Waals surface area contributed by atoms with Gasteiger partial charge in [-0.25, -0.2) is 4.98 Å². The Morgan fingerprint density at radius 2 is 2.41 bits per heavy atom. The molecule has 1 amide bonds. The third kappa shape index (κ3) is 3.66. The smallest absolute Gasteiger partial charge is 0.243 e. The molecular formula is C11H18ClN3OS. The van der Waals surface area contributed by atoms with Gasteiger partial charge < -0.3 is 10.6 Å². The van der Waals surface area contributed by atoms with Crippen molar-refractivity contribution in [3.8, 4) is 0 Å². The molecule has 0 bridgehead atoms. The van der Waals surface area contributed by atoms with Crippen molar-refractivity contribution < 1.29 is 4.79 Å². The molecule has 1 saturated heterocycles. The van der Waals surface area contributed by atoms with Crippen LogP contribution in [0.25, 0.3) is 0 Å². The average molecular weight is 276 g/mol. The minimum atomic E-state index is -0.0357. The monoisotopic (exact) mass is 275 g/mol. The standard InChI is InChI=1S/C11H17N3OS.ClH/c1-7(2)9-6-13-11(16-9)14-10(15)8-4-3-5-12-8;/h6-8,12H,3-5H2,1-2H3,(H,13,14,15);1H. The highest BCUT2D eigenvalue weighted by Crippen LogP contribution is 2.25. The molecule has 1 aliphatic rings. The first-order valence-corrected chi connectivity index (χ1v) is 6.48. The van der Waals surface area contributed by atoms with E-state index in [2.05, 4.69) is 29.5 Å². The molecule has 0 aromatic carbocycles. The molecule has 17 heavy (non-hydrogen) atoms. The van der Waals surface area contributed by atoms with Gasteiger partial charge in [0.05, 0.1) is 6.04 Å². The van der Waals surface area contributed by atoms with Crippen molar-refractivity contribution in [1.29, 1.82) is 0 Å². The molecular weight excluding hydrogens is 258 g/mol. The largest absolute Gasteiger partial charge is 0.306 e. The van der Waals surface area contributed by atoms with E-state index in [1.54, 1.807) is 11.3 Å². The van der Waals surface area contributed by atoms with Gasteiger partial charge in [0.2, 0.25) is 5.91 Å². The number of nitrogens with zero attached hydrogens (tertiary/aromatic N) is 1. The summed E-state index contributed by atoms with van der Waals surface area (Å²) in [6, 6.07) is -0.0357. The fourth-order valence-corrected chi connectivity index (χ4v) is 2.53. The number of rotatable bonds is 3. The predicted molar refractivity (Wildman–Crippen MR) is 73.1 cm³/mol. The summed E-state index contributed by atoms with van der Waals surface area (Å²) in [5.41, 5.74) is 0. The number of thiazole rings is 1. The second kappa shape index (κ2) is 6.33. The highest BCUT2D eigenvalue weighted by molar-refractivity contribution is 7.15. The predicted octanol–water partition coefficient (Wildman–Crippen LogP) is 2.38. The maximum atomic E-state index is 11.8. The van der Waals surface area contributed by atoms with E-state index in [-0.39, 0.29) is 24.4 Å². The number of aromatic nitrogens is 1. The third-order valence-electron chi connectivity index (χ3n) is 2.70. The van der Waals surface area contributed by atoms with Crippen molar-refractivity contribution >= 4 is 34.8 Å². The summed E-state index contributed by atoms with van der Waals surface area (Å²) in [5.74, 6) is 0.509. The van der Waals surface area contributed by atoms with Crippen LogP contribution in [0.4, 0.5) is 5.13 Å². The molecule has 0 radical (unpaired) electrons. The molecule has 4 nitrogen and oxygen atoms in total. The van der Waals surface area contributed by atoms with Crippen molar-refractivity contribution in [2.75, 3.05) is 11.9 Å². The molecule has 2 rings (SSSR count). The van der Waals surface area contributed by atoms with Crippen LogP contribution >= 0.6 is 23.7 Å². The lowest BCUT2D eigenvalue weighted by molar-refractivity contribution is -0.117. The summed E-state index contributed by atoms with van der Waals surface area (Å²) in [4.78, 5) is 17.2. The Hall–Kier alpha value is -0.650. The summed E-state index contributed by atoms with van der Waals surface area (Å²) < 4.78 is 0. The zero-order valence-corrected chi connectivity index (χ0v) is 11.7. The van der Waals surface area contributed by atoms with Gasteiger partial charge in [-0.3, -0.25) is 4.79 Å². The molecule has 1 fully saturated rings. The number of hydrogen-bond acceptors (Lipinski definition) is 4. The highest BCUT2D eigenvalue weighted by Gasteiger charge is 2.22. The maximum Gasteiger partial charge on any atom is 0.243 e. The van der Waals surface area contributed by atoms with Gasteiger partial charge in [0, 0.05) is 11.1 Å². The van der Waals surface area contributed by atoms with E-state index in [4.69, 9.17) is 0 Å². The van der Waals surface area contributed by atoms with Gasteiger partial charge in [-0.1, -0.05) is 13.8 Å². The Kier molecular flexibility index (Phi) is 5.36. The van der Waals surface area contributed by atoms with Crippen LogP contribution < -0.4 is 10.6 Å². The molecule has 2 heterocycles. The van der Waals surface area contributed by atoms with Crippen LogP contribution in [0.3, 0.4) is 0 Å². The SMILES string of the molecule is CC(C)c1cnc(NC(=O)C2CCCN2)s1.Cl. The second-order valence-corrected chi connectivity index (χ2v) is 5.42. The summed E-state index contributed by atoms with van der Waals surface area (Å²) >= 11 is 1.56. The Bertz CT molecular complexity index is 375. The van der Waals surface area contributed by atoms with Crippen LogP contribution in [0.15, 0.2) is 6.20 Å². The molecule has 1 aliphatic heterocycles. The fraction of sp³-hybridized carbons (Fsp3) is 0.636. The summed E-state index contributed by atoms with van der Waals surface area (Å²) in [5, 5.41) is 6.75. The number of carbonyl (C=O) groups is 1. The average Bonchev–Trinajstić information content (AvgIpc) is 2.87. The van der Waals surface area contributed by atoms with E-state index in [1.807, 2.05) is 6.20 Å². The molecule has 1 aromatic heterocycles. The van der Waals surface area contributed by atoms with E-state index in [0.29, 0.717) is 11.0 Å². The molecule has 96 valence electrons. The minimum absolute atomic E-state index is 0. The molecule has 0 spiro atoms. The first kappa shape index (κ1) is 14.4. The zero-order valence-electron chi connectivity index (χ0n) is 10.0. The van der Waals surface area contributed by atoms with Gasteiger partial charge in [-0.05, 0) is 25.3 Å². The highest BCUT2D eigenvalue weighted by atomic mass is 35.5. The quantitative estimate of drug-likeness (QED) is 0.891. The van der Waals surface area contributed by atoms with E-state index >= 15 is 0 Å². The minimum Gasteiger partial charge on any atom is -0.306 e. The lowest BCUT2D eigenvalue weighted by atomic mass is 10.2. The fourth-order valence-electron chi connectivity index (χ4n) is 1.71. The Morgan fingerprint density at radius 1 is 1.65 bits per heavy atom. The van der Waals surface area contributed by atoms with Gasteiger partial charge in [0.1, 0.15) is 0 Å².